The molecule has 5 rings (SSSR count). The first-order valence-electron chi connectivity index (χ1n) is 10.8. The number of anilines is 2. The van der Waals surface area contributed by atoms with E-state index in [1.807, 2.05) is 36.4 Å². The zero-order valence-electron chi connectivity index (χ0n) is 18.1. The van der Waals surface area contributed by atoms with Gasteiger partial charge in [-0.3, -0.25) is 4.79 Å². The molecule has 5 nitrogen and oxygen atoms in total. The van der Waals surface area contributed by atoms with Crippen molar-refractivity contribution in [3.8, 4) is 11.5 Å². The summed E-state index contributed by atoms with van der Waals surface area (Å²) in [6.45, 7) is 2.06. The second-order valence-electron chi connectivity index (χ2n) is 8.48. The molecule has 0 bridgehead atoms. The molecule has 0 spiro atoms. The van der Waals surface area contributed by atoms with Crippen LogP contribution in [0.2, 0.25) is 0 Å². The number of aromatic hydroxyl groups is 1. The number of nitrogens with one attached hydrogen (secondary N) is 2. The van der Waals surface area contributed by atoms with Crippen LogP contribution in [0.1, 0.15) is 35.1 Å². The number of ether oxygens (including phenoxy) is 1. The van der Waals surface area contributed by atoms with Crippen LogP contribution in [0.25, 0.3) is 0 Å². The van der Waals surface area contributed by atoms with Gasteiger partial charge in [0.05, 0.1) is 30.4 Å². The lowest BCUT2D eigenvalue weighted by Gasteiger charge is -2.33. The maximum atomic E-state index is 13.6. The van der Waals surface area contributed by atoms with Gasteiger partial charge < -0.3 is 20.5 Å². The number of ketones is 1. The van der Waals surface area contributed by atoms with Crippen LogP contribution in [0.3, 0.4) is 0 Å². The molecule has 0 amide bonds. The predicted molar refractivity (Wildman–Crippen MR) is 126 cm³/mol. The van der Waals surface area contributed by atoms with Gasteiger partial charge in [0.2, 0.25) is 0 Å². The third kappa shape index (κ3) is 3.50. The number of rotatable bonds is 3. The third-order valence-corrected chi connectivity index (χ3v) is 6.42. The fraction of sp³-hybridized carbons (Fsp3) is 0.222. The largest absolute Gasteiger partial charge is 0.504 e. The minimum atomic E-state index is -0.456. The van der Waals surface area contributed by atoms with Gasteiger partial charge in [-0.1, -0.05) is 60.2 Å². The Morgan fingerprint density at radius 2 is 1.72 bits per heavy atom. The van der Waals surface area contributed by atoms with Gasteiger partial charge in [0, 0.05) is 23.6 Å². The van der Waals surface area contributed by atoms with Crippen molar-refractivity contribution in [3.05, 3.63) is 95.2 Å². The fourth-order valence-electron chi connectivity index (χ4n) is 4.75. The fourth-order valence-corrected chi connectivity index (χ4v) is 4.75. The second-order valence-corrected chi connectivity index (χ2v) is 8.48. The van der Waals surface area contributed by atoms with Crippen LogP contribution >= 0.6 is 0 Å². The molecule has 3 unspecified atom stereocenters. The molecule has 2 aliphatic rings. The number of aryl methyl sites for hydroxylation is 1. The SMILES string of the molecule is COc1cccc(C2Nc3ccccc3NC3=CC(c4ccc(C)cc4)CC(=O)C32)c1O. The van der Waals surface area contributed by atoms with Crippen LogP contribution in [0.4, 0.5) is 11.4 Å². The number of para-hydroxylation sites is 3. The number of allylic oxidation sites excluding steroid dienone is 1. The van der Waals surface area contributed by atoms with Crippen molar-refractivity contribution in [2.45, 2.75) is 25.3 Å². The molecule has 0 saturated heterocycles. The van der Waals surface area contributed by atoms with E-state index in [0.29, 0.717) is 17.7 Å². The van der Waals surface area contributed by atoms with Crippen LogP contribution in [-0.4, -0.2) is 18.0 Å². The minimum Gasteiger partial charge on any atom is -0.504 e. The van der Waals surface area contributed by atoms with Gasteiger partial charge in [0.25, 0.3) is 0 Å². The number of carbonyl (C=O) groups excluding carboxylic acids is 1. The molecule has 3 atom stereocenters. The van der Waals surface area contributed by atoms with E-state index >= 15 is 0 Å². The van der Waals surface area contributed by atoms with E-state index in [0.717, 1.165) is 22.6 Å². The maximum Gasteiger partial charge on any atom is 0.163 e. The molecule has 3 N–H and O–H groups in total. The van der Waals surface area contributed by atoms with E-state index < -0.39 is 12.0 Å². The smallest absolute Gasteiger partial charge is 0.163 e. The van der Waals surface area contributed by atoms with Gasteiger partial charge in [-0.2, -0.15) is 0 Å². The number of phenolic OH excluding ortho intramolecular Hbond substituents is 1. The first-order valence-corrected chi connectivity index (χ1v) is 10.8. The highest BCUT2D eigenvalue weighted by atomic mass is 16.5. The standard InChI is InChI=1S/C27H26N2O3/c1-16-10-12-17(13-11-16)18-14-22-25(23(30)15-18)26(19-6-5-9-24(32-2)27(19)31)29-21-8-4-3-7-20(21)28-22/h3-14,18,25-26,28-29,31H,15H2,1-2H3. The summed E-state index contributed by atoms with van der Waals surface area (Å²) >= 11 is 0. The highest BCUT2D eigenvalue weighted by Gasteiger charge is 2.41. The molecule has 162 valence electrons. The predicted octanol–water partition coefficient (Wildman–Crippen LogP) is 5.54. The summed E-state index contributed by atoms with van der Waals surface area (Å²) in [4.78, 5) is 13.6. The van der Waals surface area contributed by atoms with Gasteiger partial charge in [-0.15, -0.1) is 0 Å². The lowest BCUT2D eigenvalue weighted by molar-refractivity contribution is -0.122. The molecule has 32 heavy (non-hydrogen) atoms. The van der Waals surface area contributed by atoms with Crippen LogP contribution in [-0.2, 0) is 4.79 Å². The first-order chi connectivity index (χ1) is 15.5. The summed E-state index contributed by atoms with van der Waals surface area (Å²) in [5.74, 6) is 0.127. The Hall–Kier alpha value is -3.73. The Bertz CT molecular complexity index is 1200. The average Bonchev–Trinajstić information content (AvgIpc) is 2.96. The molecule has 3 aromatic rings. The van der Waals surface area contributed by atoms with Crippen molar-refractivity contribution in [2.75, 3.05) is 17.7 Å². The molecule has 3 aromatic carbocycles. The molecule has 5 heteroatoms. The van der Waals surface area contributed by atoms with Gasteiger partial charge in [-0.05, 0) is 30.7 Å². The topological polar surface area (TPSA) is 70.6 Å². The summed E-state index contributed by atoms with van der Waals surface area (Å²) < 4.78 is 5.33. The van der Waals surface area contributed by atoms with Crippen molar-refractivity contribution < 1.29 is 14.6 Å². The lowest BCUT2D eigenvalue weighted by atomic mass is 9.76. The van der Waals surface area contributed by atoms with Crippen molar-refractivity contribution in [3.63, 3.8) is 0 Å². The molecule has 0 saturated carbocycles. The van der Waals surface area contributed by atoms with E-state index in [2.05, 4.69) is 47.9 Å². The molecular weight excluding hydrogens is 400 g/mol. The Labute approximate surface area is 187 Å². The Morgan fingerprint density at radius 3 is 2.47 bits per heavy atom. The van der Waals surface area contributed by atoms with Gasteiger partial charge >= 0.3 is 0 Å². The number of hydrogen-bond donors (Lipinski definition) is 3. The number of methoxy groups -OCH3 is 1. The van der Waals surface area contributed by atoms with E-state index in [1.54, 1.807) is 6.07 Å². The quantitative estimate of drug-likeness (QED) is 0.513. The van der Waals surface area contributed by atoms with Crippen LogP contribution in [0, 0.1) is 12.8 Å². The highest BCUT2D eigenvalue weighted by Crippen LogP contribution is 2.47. The highest BCUT2D eigenvalue weighted by molar-refractivity contribution is 5.90. The summed E-state index contributed by atoms with van der Waals surface area (Å²) in [7, 11) is 1.53. The molecular formula is C27H26N2O3. The van der Waals surface area contributed by atoms with Crippen LogP contribution in [0.5, 0.6) is 11.5 Å². The third-order valence-electron chi connectivity index (χ3n) is 6.42. The number of benzene rings is 3. The van der Waals surface area contributed by atoms with E-state index in [1.165, 1.54) is 12.7 Å². The molecule has 1 aliphatic heterocycles. The van der Waals surface area contributed by atoms with E-state index in [-0.39, 0.29) is 17.5 Å². The van der Waals surface area contributed by atoms with Crippen LogP contribution < -0.4 is 15.4 Å². The summed E-state index contributed by atoms with van der Waals surface area (Å²) in [5.41, 5.74) is 5.61. The van der Waals surface area contributed by atoms with Gasteiger partial charge in [0.15, 0.2) is 11.5 Å². The van der Waals surface area contributed by atoms with Gasteiger partial charge in [0.1, 0.15) is 5.78 Å². The van der Waals surface area contributed by atoms with Crippen molar-refractivity contribution in [2.24, 2.45) is 5.92 Å². The second kappa shape index (κ2) is 8.08. The number of phenols is 1. The molecule has 1 heterocycles. The number of fused-ring (bicyclic) bond motifs is 2. The zero-order chi connectivity index (χ0) is 22.2. The van der Waals surface area contributed by atoms with Gasteiger partial charge in [-0.25, -0.2) is 0 Å². The average molecular weight is 427 g/mol. The molecule has 0 radical (unpaired) electrons. The maximum absolute atomic E-state index is 13.6. The Morgan fingerprint density at radius 1 is 0.969 bits per heavy atom. The van der Waals surface area contributed by atoms with Crippen LogP contribution in [0.15, 0.2) is 78.5 Å². The summed E-state index contributed by atoms with van der Waals surface area (Å²) in [5, 5.41) is 17.9. The first kappa shape index (κ1) is 20.2. The summed E-state index contributed by atoms with van der Waals surface area (Å²) in [6.07, 6.45) is 2.59. The van der Waals surface area contributed by atoms with E-state index in [9.17, 15) is 9.90 Å². The van der Waals surface area contributed by atoms with Crippen molar-refractivity contribution in [1.82, 2.24) is 0 Å². The Kier molecular flexibility index (Phi) is 5.10. The lowest BCUT2D eigenvalue weighted by Crippen LogP contribution is -2.33. The molecule has 1 aliphatic carbocycles. The number of Topliss-reactive ketones (excluding diaryl/α,β-unsaturated/α-hetero) is 1. The number of carbonyl (C=O) groups is 1. The molecule has 0 fully saturated rings. The number of hydrogen-bond acceptors (Lipinski definition) is 5. The van der Waals surface area contributed by atoms with Crippen molar-refractivity contribution >= 4 is 17.2 Å². The summed E-state index contributed by atoms with van der Waals surface area (Å²) in [6, 6.07) is 21.2. The molecule has 0 aromatic heterocycles. The Balaban J connectivity index is 1.64. The normalized spacial score (nSPS) is 21.9. The zero-order valence-corrected chi connectivity index (χ0v) is 18.1. The monoisotopic (exact) mass is 426 g/mol. The minimum absolute atomic E-state index is 0.00617. The van der Waals surface area contributed by atoms with Crippen molar-refractivity contribution in [1.29, 1.82) is 0 Å². The van der Waals surface area contributed by atoms with E-state index in [4.69, 9.17) is 4.74 Å².